The lowest BCUT2D eigenvalue weighted by atomic mass is 10.2. The van der Waals surface area contributed by atoms with Gasteiger partial charge < -0.3 is 10.1 Å². The molecule has 1 atom stereocenters. The van der Waals surface area contributed by atoms with Gasteiger partial charge >= 0.3 is 0 Å². The zero-order valence-corrected chi connectivity index (χ0v) is 15.6. The molecule has 0 aliphatic rings. The van der Waals surface area contributed by atoms with Gasteiger partial charge in [-0.15, -0.1) is 11.3 Å². The van der Waals surface area contributed by atoms with E-state index in [9.17, 15) is 4.79 Å². The van der Waals surface area contributed by atoms with E-state index in [1.165, 1.54) is 0 Å². The largest absolute Gasteiger partial charge is 0.481 e. The molecule has 1 aromatic heterocycles. The first-order valence-electron chi connectivity index (χ1n) is 8.67. The van der Waals surface area contributed by atoms with E-state index in [1.807, 2.05) is 72.8 Å². The second kappa shape index (κ2) is 7.60. The lowest BCUT2D eigenvalue weighted by Crippen LogP contribution is -2.30. The Kier molecular flexibility index (Phi) is 4.85. The number of fused-ring (bicyclic) bond motifs is 1. The molecule has 1 heterocycles. The number of aromatic nitrogens is 1. The number of amides is 1. The number of benzene rings is 3. The zero-order valence-electron chi connectivity index (χ0n) is 14.8. The number of hydrogen-bond acceptors (Lipinski definition) is 4. The highest BCUT2D eigenvalue weighted by Crippen LogP contribution is 2.31. The molecule has 4 rings (SSSR count). The summed E-state index contributed by atoms with van der Waals surface area (Å²) in [5, 5.41) is 3.85. The molecule has 0 saturated heterocycles. The Morgan fingerprint density at radius 1 is 1.00 bits per heavy atom. The number of carbonyl (C=O) groups is 1. The highest BCUT2D eigenvalue weighted by Gasteiger charge is 2.15. The molecular formula is C22H18N2O2S. The van der Waals surface area contributed by atoms with E-state index in [1.54, 1.807) is 18.3 Å². The Bertz CT molecular complexity index is 1040. The highest BCUT2D eigenvalue weighted by atomic mass is 32.1. The number of ether oxygens (including phenoxy) is 1. The second-order valence-electron chi connectivity index (χ2n) is 6.13. The van der Waals surface area contributed by atoms with Crippen molar-refractivity contribution in [1.82, 2.24) is 4.98 Å². The molecule has 0 fully saturated rings. The van der Waals surface area contributed by atoms with Crippen LogP contribution in [0.1, 0.15) is 6.92 Å². The minimum atomic E-state index is -0.599. The van der Waals surface area contributed by atoms with Crippen LogP contribution in [0, 0.1) is 0 Å². The summed E-state index contributed by atoms with van der Waals surface area (Å²) in [6, 6.07) is 25.1. The van der Waals surface area contributed by atoms with E-state index < -0.39 is 6.10 Å². The summed E-state index contributed by atoms with van der Waals surface area (Å²) in [5.74, 6) is 0.476. The summed E-state index contributed by atoms with van der Waals surface area (Å²) in [7, 11) is 0. The van der Waals surface area contributed by atoms with Crippen molar-refractivity contribution in [3.05, 3.63) is 78.9 Å². The lowest BCUT2D eigenvalue weighted by Gasteiger charge is -2.15. The minimum Gasteiger partial charge on any atom is -0.481 e. The number of para-hydroxylation sites is 2. The normalized spacial score (nSPS) is 11.9. The summed E-state index contributed by atoms with van der Waals surface area (Å²) >= 11 is 1.64. The molecule has 27 heavy (non-hydrogen) atoms. The molecule has 3 aromatic carbocycles. The molecule has 0 bridgehead atoms. The van der Waals surface area contributed by atoms with E-state index in [0.29, 0.717) is 5.75 Å². The standard InChI is InChI=1S/C22H18N2O2S/c1-15(26-18-10-3-2-4-11-18)21(25)23-17-9-7-8-16(14-17)22-24-19-12-5-6-13-20(19)27-22/h2-15H,1H3,(H,23,25)/t15-/m1/s1. The molecule has 134 valence electrons. The maximum Gasteiger partial charge on any atom is 0.265 e. The molecule has 1 N–H and O–H groups in total. The predicted octanol–water partition coefficient (Wildman–Crippen LogP) is 5.37. The van der Waals surface area contributed by atoms with Crippen molar-refractivity contribution >= 4 is 33.1 Å². The number of rotatable bonds is 5. The number of hydrogen-bond donors (Lipinski definition) is 1. The second-order valence-corrected chi connectivity index (χ2v) is 7.16. The molecule has 4 aromatic rings. The zero-order chi connectivity index (χ0) is 18.6. The average Bonchev–Trinajstić information content (AvgIpc) is 3.13. The summed E-state index contributed by atoms with van der Waals surface area (Å²) in [5.41, 5.74) is 2.68. The first-order valence-corrected chi connectivity index (χ1v) is 9.49. The third kappa shape index (κ3) is 3.99. The van der Waals surface area contributed by atoms with Crippen molar-refractivity contribution in [3.63, 3.8) is 0 Å². The van der Waals surface area contributed by atoms with E-state index >= 15 is 0 Å². The maximum atomic E-state index is 12.5. The van der Waals surface area contributed by atoms with Crippen molar-refractivity contribution < 1.29 is 9.53 Å². The van der Waals surface area contributed by atoms with Gasteiger partial charge in [-0.25, -0.2) is 4.98 Å². The van der Waals surface area contributed by atoms with Crippen molar-refractivity contribution in [2.24, 2.45) is 0 Å². The van der Waals surface area contributed by atoms with Gasteiger partial charge in [-0.2, -0.15) is 0 Å². The van der Waals surface area contributed by atoms with Gasteiger partial charge in [0.15, 0.2) is 6.10 Å². The SMILES string of the molecule is C[C@@H](Oc1ccccc1)C(=O)Nc1cccc(-c2nc3ccccc3s2)c1. The van der Waals surface area contributed by atoms with Crippen LogP contribution in [0.5, 0.6) is 5.75 Å². The fourth-order valence-electron chi connectivity index (χ4n) is 2.73. The van der Waals surface area contributed by atoms with Crippen LogP contribution in [-0.4, -0.2) is 17.0 Å². The van der Waals surface area contributed by atoms with Gasteiger partial charge in [0.05, 0.1) is 10.2 Å². The molecule has 1 amide bonds. The number of thiazole rings is 1. The van der Waals surface area contributed by atoms with E-state index in [-0.39, 0.29) is 5.91 Å². The van der Waals surface area contributed by atoms with Crippen LogP contribution in [0.4, 0.5) is 5.69 Å². The van der Waals surface area contributed by atoms with Crippen LogP contribution in [-0.2, 0) is 4.79 Å². The van der Waals surface area contributed by atoms with E-state index in [4.69, 9.17) is 4.74 Å². The molecule has 0 aliphatic carbocycles. The number of nitrogens with one attached hydrogen (secondary N) is 1. The number of anilines is 1. The van der Waals surface area contributed by atoms with Crippen molar-refractivity contribution in [2.45, 2.75) is 13.0 Å². The van der Waals surface area contributed by atoms with Crippen molar-refractivity contribution in [3.8, 4) is 16.3 Å². The average molecular weight is 374 g/mol. The minimum absolute atomic E-state index is 0.194. The lowest BCUT2D eigenvalue weighted by molar-refractivity contribution is -0.122. The van der Waals surface area contributed by atoms with Gasteiger partial charge in [0, 0.05) is 11.3 Å². The van der Waals surface area contributed by atoms with Crippen molar-refractivity contribution in [1.29, 1.82) is 0 Å². The summed E-state index contributed by atoms with van der Waals surface area (Å²) < 4.78 is 6.83. The molecule has 0 saturated carbocycles. The third-order valence-electron chi connectivity index (χ3n) is 4.10. The van der Waals surface area contributed by atoms with Gasteiger partial charge in [-0.05, 0) is 43.3 Å². The van der Waals surface area contributed by atoms with Gasteiger partial charge in [0.1, 0.15) is 10.8 Å². The molecular weight excluding hydrogens is 356 g/mol. The topological polar surface area (TPSA) is 51.2 Å². The van der Waals surface area contributed by atoms with Crippen LogP contribution < -0.4 is 10.1 Å². The fourth-order valence-corrected chi connectivity index (χ4v) is 3.69. The first kappa shape index (κ1) is 17.2. The predicted molar refractivity (Wildman–Crippen MR) is 110 cm³/mol. The molecule has 0 unspecified atom stereocenters. The maximum absolute atomic E-state index is 12.5. The Morgan fingerprint density at radius 2 is 1.78 bits per heavy atom. The van der Waals surface area contributed by atoms with Crippen LogP contribution in [0.15, 0.2) is 78.9 Å². The van der Waals surface area contributed by atoms with Crippen LogP contribution in [0.25, 0.3) is 20.8 Å². The number of nitrogens with zero attached hydrogens (tertiary/aromatic N) is 1. The van der Waals surface area contributed by atoms with E-state index in [0.717, 1.165) is 26.5 Å². The quantitative estimate of drug-likeness (QED) is 0.511. The fraction of sp³-hybridized carbons (Fsp3) is 0.0909. The van der Waals surface area contributed by atoms with E-state index in [2.05, 4.69) is 16.4 Å². The monoisotopic (exact) mass is 374 g/mol. The Hall–Kier alpha value is -3.18. The Balaban J connectivity index is 1.49. The molecule has 4 nitrogen and oxygen atoms in total. The Morgan fingerprint density at radius 3 is 2.59 bits per heavy atom. The van der Waals surface area contributed by atoms with Gasteiger partial charge in [0.25, 0.3) is 5.91 Å². The molecule has 0 spiro atoms. The smallest absolute Gasteiger partial charge is 0.265 e. The summed E-state index contributed by atoms with van der Waals surface area (Å²) in [6.07, 6.45) is -0.599. The summed E-state index contributed by atoms with van der Waals surface area (Å²) in [4.78, 5) is 17.1. The molecule has 0 aliphatic heterocycles. The molecule has 0 radical (unpaired) electrons. The molecule has 5 heteroatoms. The van der Waals surface area contributed by atoms with Crippen LogP contribution in [0.2, 0.25) is 0 Å². The van der Waals surface area contributed by atoms with Gasteiger partial charge in [-0.3, -0.25) is 4.79 Å². The van der Waals surface area contributed by atoms with Crippen LogP contribution in [0.3, 0.4) is 0 Å². The highest BCUT2D eigenvalue weighted by molar-refractivity contribution is 7.21. The van der Waals surface area contributed by atoms with Gasteiger partial charge in [0.2, 0.25) is 0 Å². The summed E-state index contributed by atoms with van der Waals surface area (Å²) in [6.45, 7) is 1.74. The van der Waals surface area contributed by atoms with Crippen LogP contribution >= 0.6 is 11.3 Å². The first-order chi connectivity index (χ1) is 13.2. The Labute approximate surface area is 161 Å². The van der Waals surface area contributed by atoms with Gasteiger partial charge in [-0.1, -0.05) is 42.5 Å². The number of carbonyl (C=O) groups excluding carboxylic acids is 1. The third-order valence-corrected chi connectivity index (χ3v) is 5.18. The van der Waals surface area contributed by atoms with Crippen molar-refractivity contribution in [2.75, 3.05) is 5.32 Å².